The lowest BCUT2D eigenvalue weighted by molar-refractivity contribution is -0.134. The van der Waals surface area contributed by atoms with Gasteiger partial charge in [-0.25, -0.2) is 0 Å². The van der Waals surface area contributed by atoms with Gasteiger partial charge in [0.05, 0.1) is 0 Å². The fourth-order valence-electron chi connectivity index (χ4n) is 1.24. The molecule has 0 unspecified atom stereocenters. The van der Waals surface area contributed by atoms with Gasteiger partial charge in [0, 0.05) is 6.92 Å². The van der Waals surface area contributed by atoms with Gasteiger partial charge >= 0.3 is 0 Å². The number of rotatable bonds is 0. The van der Waals surface area contributed by atoms with E-state index in [1.807, 2.05) is 0 Å². The molecule has 1 rings (SSSR count). The molecule has 11 heavy (non-hydrogen) atoms. The Bertz CT molecular complexity index is 76.1. The second kappa shape index (κ2) is 7.58. The average molecular weight is 158 g/mol. The molecule has 0 aliphatic heterocycles. The molecule has 0 atom stereocenters. The summed E-state index contributed by atoms with van der Waals surface area (Å²) in [5.74, 6) is -0.833. The first-order valence-corrected chi connectivity index (χ1v) is 4.43. The van der Waals surface area contributed by atoms with Crippen LogP contribution in [0.4, 0.5) is 0 Å². The summed E-state index contributed by atoms with van der Waals surface area (Å²) in [5, 5.41) is 7.42. The summed E-state index contributed by atoms with van der Waals surface area (Å²) in [6.07, 6.45) is 10.5. The number of carboxylic acids is 1. The van der Waals surface area contributed by atoms with E-state index in [2.05, 4.69) is 0 Å². The third-order valence-corrected chi connectivity index (χ3v) is 1.75. The maximum Gasteiger partial charge on any atom is 0.300 e. The third-order valence-electron chi connectivity index (χ3n) is 1.75. The minimum atomic E-state index is -0.833. The highest BCUT2D eigenvalue weighted by Gasteiger charge is 1.95. The molecule has 1 saturated carbocycles. The normalized spacial score (nSPS) is 17.5. The van der Waals surface area contributed by atoms with Gasteiger partial charge in [0.15, 0.2) is 0 Å². The van der Waals surface area contributed by atoms with E-state index < -0.39 is 5.97 Å². The number of hydrogen-bond donors (Lipinski definition) is 1. The Kier molecular flexibility index (Phi) is 7.21. The van der Waals surface area contributed by atoms with Gasteiger partial charge in [0.25, 0.3) is 5.97 Å². The second-order valence-electron chi connectivity index (χ2n) is 2.99. The molecule has 1 aliphatic rings. The van der Waals surface area contributed by atoms with E-state index in [1.54, 1.807) is 0 Å². The molecule has 0 amide bonds. The van der Waals surface area contributed by atoms with Gasteiger partial charge in [-0.15, -0.1) is 0 Å². The van der Waals surface area contributed by atoms with Crippen LogP contribution in [-0.2, 0) is 4.79 Å². The van der Waals surface area contributed by atoms with E-state index in [1.165, 1.54) is 44.9 Å². The number of hydrogen-bond acceptors (Lipinski definition) is 1. The Hall–Kier alpha value is -0.530. The summed E-state index contributed by atoms with van der Waals surface area (Å²) >= 11 is 0. The molecule has 0 saturated heterocycles. The maximum absolute atomic E-state index is 9.00. The summed E-state index contributed by atoms with van der Waals surface area (Å²) in [6, 6.07) is 0. The molecular formula is C9H18O2. The highest BCUT2D eigenvalue weighted by atomic mass is 16.4. The summed E-state index contributed by atoms with van der Waals surface area (Å²) in [5.41, 5.74) is 0. The van der Waals surface area contributed by atoms with Crippen LogP contribution in [0, 0.1) is 0 Å². The molecule has 0 bridgehead atoms. The first-order chi connectivity index (χ1) is 5.23. The fourth-order valence-corrected chi connectivity index (χ4v) is 1.24. The van der Waals surface area contributed by atoms with Crippen LogP contribution < -0.4 is 0 Å². The average Bonchev–Trinajstić information content (AvgIpc) is 2.13. The monoisotopic (exact) mass is 158 g/mol. The van der Waals surface area contributed by atoms with Gasteiger partial charge in [0.1, 0.15) is 0 Å². The standard InChI is InChI=1S/C7H14.C2H4O2/c1-2-4-6-7-5-3-1;1-2(3)4/h1-7H2;1H3,(H,3,4). The minimum absolute atomic E-state index is 0.833. The molecule has 0 spiro atoms. The van der Waals surface area contributed by atoms with E-state index in [4.69, 9.17) is 9.90 Å². The van der Waals surface area contributed by atoms with Crippen molar-refractivity contribution in [2.24, 2.45) is 0 Å². The van der Waals surface area contributed by atoms with Crippen LogP contribution in [-0.4, -0.2) is 11.1 Å². The Morgan fingerprint density at radius 3 is 1.09 bits per heavy atom. The van der Waals surface area contributed by atoms with Crippen molar-refractivity contribution in [2.45, 2.75) is 51.9 Å². The van der Waals surface area contributed by atoms with Gasteiger partial charge in [-0.3, -0.25) is 4.79 Å². The van der Waals surface area contributed by atoms with Crippen LogP contribution in [0.3, 0.4) is 0 Å². The van der Waals surface area contributed by atoms with Crippen molar-refractivity contribution in [3.8, 4) is 0 Å². The third kappa shape index (κ3) is 12.6. The summed E-state index contributed by atoms with van der Waals surface area (Å²) < 4.78 is 0. The molecule has 2 heteroatoms. The molecule has 0 heterocycles. The van der Waals surface area contributed by atoms with Gasteiger partial charge < -0.3 is 5.11 Å². The highest BCUT2D eigenvalue weighted by Crippen LogP contribution is 2.15. The predicted molar refractivity (Wildman–Crippen MR) is 45.6 cm³/mol. The van der Waals surface area contributed by atoms with Crippen molar-refractivity contribution in [1.29, 1.82) is 0 Å². The SMILES string of the molecule is C1CCCCCC1.CC(=O)O. The molecule has 0 aromatic heterocycles. The first-order valence-electron chi connectivity index (χ1n) is 4.43. The summed E-state index contributed by atoms with van der Waals surface area (Å²) in [4.78, 5) is 9.00. The second-order valence-corrected chi connectivity index (χ2v) is 2.99. The Morgan fingerprint density at radius 2 is 1.00 bits per heavy atom. The molecule has 66 valence electrons. The molecular weight excluding hydrogens is 140 g/mol. The maximum atomic E-state index is 9.00. The molecule has 0 aromatic rings. The molecule has 1 N–H and O–H groups in total. The number of carboxylic acid groups (broad SMARTS) is 1. The molecule has 0 radical (unpaired) electrons. The van der Waals surface area contributed by atoms with Crippen molar-refractivity contribution in [3.05, 3.63) is 0 Å². The molecule has 1 fully saturated rings. The molecule has 0 aromatic carbocycles. The van der Waals surface area contributed by atoms with Gasteiger partial charge in [0.2, 0.25) is 0 Å². The van der Waals surface area contributed by atoms with Gasteiger partial charge in [-0.05, 0) is 0 Å². The lowest BCUT2D eigenvalue weighted by Crippen LogP contribution is -1.78. The van der Waals surface area contributed by atoms with E-state index in [0.29, 0.717) is 0 Å². The van der Waals surface area contributed by atoms with Crippen LogP contribution >= 0.6 is 0 Å². The molecule has 1 aliphatic carbocycles. The van der Waals surface area contributed by atoms with E-state index >= 15 is 0 Å². The van der Waals surface area contributed by atoms with E-state index in [9.17, 15) is 0 Å². The summed E-state index contributed by atoms with van der Waals surface area (Å²) in [7, 11) is 0. The highest BCUT2D eigenvalue weighted by molar-refractivity contribution is 5.62. The Balaban J connectivity index is 0.000000218. The predicted octanol–water partition coefficient (Wildman–Crippen LogP) is 2.82. The van der Waals surface area contributed by atoms with E-state index in [0.717, 1.165) is 6.92 Å². The number of carbonyl (C=O) groups is 1. The van der Waals surface area contributed by atoms with Crippen LogP contribution in [0.25, 0.3) is 0 Å². The van der Waals surface area contributed by atoms with Crippen molar-refractivity contribution < 1.29 is 9.90 Å². The lowest BCUT2D eigenvalue weighted by Gasteiger charge is -1.85. The van der Waals surface area contributed by atoms with Crippen LogP contribution in [0.15, 0.2) is 0 Å². The molecule has 2 nitrogen and oxygen atoms in total. The quantitative estimate of drug-likeness (QED) is 0.550. The fraction of sp³-hybridized carbons (Fsp3) is 0.889. The van der Waals surface area contributed by atoms with Gasteiger partial charge in [-0.2, -0.15) is 0 Å². The zero-order valence-corrected chi connectivity index (χ0v) is 7.31. The van der Waals surface area contributed by atoms with Crippen LogP contribution in [0.1, 0.15) is 51.9 Å². The van der Waals surface area contributed by atoms with Crippen molar-refractivity contribution in [2.75, 3.05) is 0 Å². The van der Waals surface area contributed by atoms with E-state index in [-0.39, 0.29) is 0 Å². The first kappa shape index (κ1) is 10.5. The Labute approximate surface area is 68.6 Å². The van der Waals surface area contributed by atoms with Crippen LogP contribution in [0.5, 0.6) is 0 Å². The summed E-state index contributed by atoms with van der Waals surface area (Å²) in [6.45, 7) is 1.08. The minimum Gasteiger partial charge on any atom is -0.481 e. The largest absolute Gasteiger partial charge is 0.481 e. The zero-order chi connectivity index (χ0) is 8.53. The van der Waals surface area contributed by atoms with Gasteiger partial charge in [-0.1, -0.05) is 44.9 Å². The van der Waals surface area contributed by atoms with Crippen molar-refractivity contribution in [1.82, 2.24) is 0 Å². The van der Waals surface area contributed by atoms with Crippen LogP contribution in [0.2, 0.25) is 0 Å². The zero-order valence-electron chi connectivity index (χ0n) is 7.31. The lowest BCUT2D eigenvalue weighted by atomic mass is 10.2. The smallest absolute Gasteiger partial charge is 0.300 e. The Morgan fingerprint density at radius 1 is 0.909 bits per heavy atom. The van der Waals surface area contributed by atoms with Crippen molar-refractivity contribution >= 4 is 5.97 Å². The topological polar surface area (TPSA) is 37.3 Å². The van der Waals surface area contributed by atoms with Crippen molar-refractivity contribution in [3.63, 3.8) is 0 Å². The number of aliphatic carboxylic acids is 1.